The second kappa shape index (κ2) is 13.1. The number of aliphatic imine (C=N–C) groups is 1. The number of rotatable bonds is 12. The minimum atomic E-state index is 0.160. The van der Waals surface area contributed by atoms with E-state index in [4.69, 9.17) is 4.99 Å². The number of nitrogens with zero attached hydrogens (tertiary/aromatic N) is 1. The van der Waals surface area contributed by atoms with Crippen LogP contribution in [-0.4, -0.2) is 5.71 Å². The summed E-state index contributed by atoms with van der Waals surface area (Å²) in [5, 5.41) is 0. The van der Waals surface area contributed by atoms with Crippen molar-refractivity contribution < 1.29 is 0 Å². The van der Waals surface area contributed by atoms with Crippen molar-refractivity contribution in [2.45, 2.75) is 111 Å². The molecule has 0 amide bonds. The van der Waals surface area contributed by atoms with E-state index in [2.05, 4.69) is 40.0 Å². The van der Waals surface area contributed by atoms with Gasteiger partial charge in [0, 0.05) is 16.8 Å². The van der Waals surface area contributed by atoms with E-state index in [1.165, 1.54) is 94.0 Å². The second-order valence-corrected chi connectivity index (χ2v) is 8.27. The van der Waals surface area contributed by atoms with Gasteiger partial charge in [-0.1, -0.05) is 91.4 Å². The number of hydrogen-bond donors (Lipinski definition) is 0. The minimum Gasteiger partial charge on any atom is -0.257 e. The molecule has 26 heavy (non-hydrogen) atoms. The molecule has 1 unspecified atom stereocenters. The molecule has 0 aromatic carbocycles. The lowest BCUT2D eigenvalue weighted by Crippen LogP contribution is -2.27. The summed E-state index contributed by atoms with van der Waals surface area (Å²) in [6.45, 7) is 15.2. The Morgan fingerprint density at radius 3 is 2.19 bits per heavy atom. The van der Waals surface area contributed by atoms with Crippen LogP contribution in [0.15, 0.2) is 41.6 Å². The summed E-state index contributed by atoms with van der Waals surface area (Å²) >= 11 is 0. The van der Waals surface area contributed by atoms with Crippen LogP contribution < -0.4 is 0 Å². The fraction of sp³-hybridized carbons (Fsp3) is 0.720. The third-order valence-corrected chi connectivity index (χ3v) is 5.96. The summed E-state index contributed by atoms with van der Waals surface area (Å²) in [6, 6.07) is 0. The van der Waals surface area contributed by atoms with E-state index in [9.17, 15) is 0 Å². The monoisotopic (exact) mass is 357 g/mol. The highest BCUT2D eigenvalue weighted by Crippen LogP contribution is 2.35. The molecule has 1 aliphatic rings. The molecule has 0 fully saturated rings. The van der Waals surface area contributed by atoms with Crippen LogP contribution in [0.4, 0.5) is 0 Å². The SMILES string of the molecule is C=CC(=N/C1=C(\C=C)CCCCCC1)C(C)(CCCC)CCCCCC. The molecule has 0 aliphatic heterocycles. The van der Waals surface area contributed by atoms with Crippen molar-refractivity contribution in [2.75, 3.05) is 0 Å². The Bertz CT molecular complexity index is 482. The maximum absolute atomic E-state index is 5.24. The third kappa shape index (κ3) is 7.64. The van der Waals surface area contributed by atoms with Gasteiger partial charge >= 0.3 is 0 Å². The standard InChI is InChI=1S/C25H43N/c1-6-10-12-17-21-25(5,20-11-7-2)24(9-4)26-23-19-16-14-13-15-18-22(23)8-3/h8-9H,3-4,6-7,10-21H2,1-2,5H3/b23-22+,26-24?. The first-order valence-electron chi connectivity index (χ1n) is 11.2. The highest BCUT2D eigenvalue weighted by atomic mass is 14.8. The average molecular weight is 358 g/mol. The normalized spacial score (nSPS) is 21.6. The Kier molecular flexibility index (Phi) is 11.6. The van der Waals surface area contributed by atoms with Crippen LogP contribution in [0.25, 0.3) is 0 Å². The van der Waals surface area contributed by atoms with Crippen LogP contribution in [0.3, 0.4) is 0 Å². The van der Waals surface area contributed by atoms with Gasteiger partial charge in [0.1, 0.15) is 0 Å². The van der Waals surface area contributed by atoms with Crippen LogP contribution in [-0.2, 0) is 0 Å². The van der Waals surface area contributed by atoms with Gasteiger partial charge in [-0.3, -0.25) is 4.99 Å². The topological polar surface area (TPSA) is 12.4 Å². The molecule has 0 aromatic heterocycles. The van der Waals surface area contributed by atoms with Crippen molar-refractivity contribution in [1.82, 2.24) is 0 Å². The van der Waals surface area contributed by atoms with E-state index in [1.54, 1.807) is 0 Å². The molecule has 0 saturated carbocycles. The van der Waals surface area contributed by atoms with Gasteiger partial charge in [0.05, 0.1) is 0 Å². The Labute approximate surface area is 163 Å². The predicted molar refractivity (Wildman–Crippen MR) is 119 cm³/mol. The first-order valence-corrected chi connectivity index (χ1v) is 11.2. The lowest BCUT2D eigenvalue weighted by Gasteiger charge is -2.31. The van der Waals surface area contributed by atoms with Gasteiger partial charge in [-0.2, -0.15) is 0 Å². The quantitative estimate of drug-likeness (QED) is 0.245. The van der Waals surface area contributed by atoms with E-state index in [0.717, 1.165) is 12.8 Å². The average Bonchev–Trinajstić information content (AvgIpc) is 2.63. The molecule has 1 aliphatic carbocycles. The van der Waals surface area contributed by atoms with E-state index in [1.807, 2.05) is 6.08 Å². The zero-order valence-corrected chi connectivity index (χ0v) is 17.9. The van der Waals surface area contributed by atoms with Crippen LogP contribution in [0.5, 0.6) is 0 Å². The number of unbranched alkanes of at least 4 members (excludes halogenated alkanes) is 4. The van der Waals surface area contributed by atoms with Crippen molar-refractivity contribution in [3.05, 3.63) is 36.6 Å². The highest BCUT2D eigenvalue weighted by molar-refractivity contribution is 5.99. The number of allylic oxidation sites excluding steroid dienone is 4. The van der Waals surface area contributed by atoms with Crippen molar-refractivity contribution in [1.29, 1.82) is 0 Å². The zero-order valence-electron chi connectivity index (χ0n) is 17.9. The van der Waals surface area contributed by atoms with Gasteiger partial charge in [0.25, 0.3) is 0 Å². The van der Waals surface area contributed by atoms with Crippen molar-refractivity contribution >= 4 is 5.71 Å². The summed E-state index contributed by atoms with van der Waals surface area (Å²) in [5.41, 5.74) is 4.03. The van der Waals surface area contributed by atoms with Gasteiger partial charge in [0.2, 0.25) is 0 Å². The molecule has 0 radical (unpaired) electrons. The highest BCUT2D eigenvalue weighted by Gasteiger charge is 2.28. The van der Waals surface area contributed by atoms with Gasteiger partial charge in [0.15, 0.2) is 0 Å². The van der Waals surface area contributed by atoms with Crippen molar-refractivity contribution in [2.24, 2.45) is 10.4 Å². The van der Waals surface area contributed by atoms with Gasteiger partial charge in [-0.25, -0.2) is 0 Å². The molecule has 0 aromatic rings. The molecule has 0 N–H and O–H groups in total. The lowest BCUT2D eigenvalue weighted by atomic mass is 9.75. The van der Waals surface area contributed by atoms with Crippen LogP contribution >= 0.6 is 0 Å². The summed E-state index contributed by atoms with van der Waals surface area (Å²) in [4.78, 5) is 5.24. The fourth-order valence-corrected chi connectivity index (χ4v) is 4.08. The van der Waals surface area contributed by atoms with E-state index >= 15 is 0 Å². The molecule has 1 heteroatoms. The van der Waals surface area contributed by atoms with Gasteiger partial charge in [-0.15, -0.1) is 0 Å². The minimum absolute atomic E-state index is 0.160. The van der Waals surface area contributed by atoms with E-state index in [-0.39, 0.29) is 5.41 Å². The molecule has 148 valence electrons. The first kappa shape index (κ1) is 22.9. The summed E-state index contributed by atoms with van der Waals surface area (Å²) < 4.78 is 0. The van der Waals surface area contributed by atoms with E-state index < -0.39 is 0 Å². The molecule has 1 nitrogen and oxygen atoms in total. The smallest absolute Gasteiger partial charge is 0.0460 e. The van der Waals surface area contributed by atoms with Crippen LogP contribution in [0, 0.1) is 5.41 Å². The molecule has 1 rings (SSSR count). The summed E-state index contributed by atoms with van der Waals surface area (Å²) in [5.74, 6) is 0. The van der Waals surface area contributed by atoms with Crippen molar-refractivity contribution in [3.8, 4) is 0 Å². The Hall–Kier alpha value is -1.11. The Morgan fingerprint density at radius 2 is 1.58 bits per heavy atom. The molecular weight excluding hydrogens is 314 g/mol. The molecule has 1 atom stereocenters. The van der Waals surface area contributed by atoms with Gasteiger partial charge in [-0.05, 0) is 50.2 Å². The van der Waals surface area contributed by atoms with Crippen LogP contribution in [0.1, 0.15) is 111 Å². The largest absolute Gasteiger partial charge is 0.257 e. The lowest BCUT2D eigenvalue weighted by molar-refractivity contribution is 0.363. The second-order valence-electron chi connectivity index (χ2n) is 8.27. The fourth-order valence-electron chi connectivity index (χ4n) is 4.08. The Balaban J connectivity index is 3.09. The predicted octanol–water partition coefficient (Wildman–Crippen LogP) is 8.57. The first-order chi connectivity index (χ1) is 12.6. The maximum atomic E-state index is 5.24. The molecule has 0 saturated heterocycles. The number of hydrogen-bond acceptors (Lipinski definition) is 1. The Morgan fingerprint density at radius 1 is 0.923 bits per heavy atom. The molecule has 0 heterocycles. The van der Waals surface area contributed by atoms with Crippen LogP contribution in [0.2, 0.25) is 0 Å². The molecule has 0 spiro atoms. The summed E-state index contributed by atoms with van der Waals surface area (Å²) in [7, 11) is 0. The molecular formula is C25H43N. The maximum Gasteiger partial charge on any atom is 0.0460 e. The summed E-state index contributed by atoms with van der Waals surface area (Å²) in [6.07, 6.45) is 21.8. The third-order valence-electron chi connectivity index (χ3n) is 5.96. The zero-order chi connectivity index (χ0) is 19.3. The van der Waals surface area contributed by atoms with Crippen molar-refractivity contribution in [3.63, 3.8) is 0 Å². The molecule has 0 bridgehead atoms. The van der Waals surface area contributed by atoms with Gasteiger partial charge < -0.3 is 0 Å². The van der Waals surface area contributed by atoms with E-state index in [0.29, 0.717) is 0 Å².